The molecular weight excluding hydrogens is 476 g/mol. The van der Waals surface area contributed by atoms with Gasteiger partial charge in [-0.2, -0.15) is 9.78 Å². The van der Waals surface area contributed by atoms with Gasteiger partial charge in [-0.05, 0) is 36.2 Å². The van der Waals surface area contributed by atoms with Crippen molar-refractivity contribution in [1.29, 1.82) is 0 Å². The highest BCUT2D eigenvalue weighted by atomic mass is 35.5. The van der Waals surface area contributed by atoms with Gasteiger partial charge < -0.3 is 9.84 Å². The predicted octanol–water partition coefficient (Wildman–Crippen LogP) is 5.45. The van der Waals surface area contributed by atoms with Crippen molar-refractivity contribution in [2.45, 2.75) is 38.8 Å². The van der Waals surface area contributed by atoms with E-state index in [-0.39, 0.29) is 0 Å². The lowest BCUT2D eigenvalue weighted by Crippen LogP contribution is -2.27. The van der Waals surface area contributed by atoms with Gasteiger partial charge in [0.2, 0.25) is 11.7 Å². The SMILES string of the molecule is CCCCc1nn(-c2ccccc2Cl)c(=NC)n1Cc1ccc(OC(C(=O)O)c2ccccc2)cc1. The van der Waals surface area contributed by atoms with E-state index in [0.29, 0.717) is 28.5 Å². The summed E-state index contributed by atoms with van der Waals surface area (Å²) >= 11 is 6.47. The summed E-state index contributed by atoms with van der Waals surface area (Å²) < 4.78 is 9.70. The maximum atomic E-state index is 11.8. The van der Waals surface area contributed by atoms with Crippen LogP contribution in [0.5, 0.6) is 5.75 Å². The van der Waals surface area contributed by atoms with Gasteiger partial charge in [0.15, 0.2) is 0 Å². The number of rotatable bonds is 10. The molecule has 0 saturated heterocycles. The molecule has 1 aromatic heterocycles. The third kappa shape index (κ3) is 5.69. The molecule has 0 aliphatic heterocycles. The van der Waals surface area contributed by atoms with Crippen molar-refractivity contribution < 1.29 is 14.6 Å². The Morgan fingerprint density at radius 2 is 1.75 bits per heavy atom. The van der Waals surface area contributed by atoms with Gasteiger partial charge in [-0.3, -0.25) is 9.56 Å². The minimum absolute atomic E-state index is 0.485. The molecule has 7 nitrogen and oxygen atoms in total. The number of nitrogens with zero attached hydrogens (tertiary/aromatic N) is 4. The average Bonchev–Trinajstić information content (AvgIpc) is 3.24. The number of aliphatic carboxylic acids is 1. The van der Waals surface area contributed by atoms with E-state index in [1.54, 1.807) is 48.1 Å². The highest BCUT2D eigenvalue weighted by Gasteiger charge is 2.21. The lowest BCUT2D eigenvalue weighted by molar-refractivity contribution is -0.145. The second-order valence-corrected chi connectivity index (χ2v) is 8.79. The minimum Gasteiger partial charge on any atom is -0.478 e. The van der Waals surface area contributed by atoms with E-state index in [9.17, 15) is 9.90 Å². The Bertz CT molecular complexity index is 1380. The number of aromatic nitrogens is 3. The van der Waals surface area contributed by atoms with E-state index >= 15 is 0 Å². The number of hydrogen-bond donors (Lipinski definition) is 1. The number of para-hydroxylation sites is 1. The number of carboxylic acid groups (broad SMARTS) is 1. The molecule has 1 unspecified atom stereocenters. The van der Waals surface area contributed by atoms with Crippen LogP contribution in [0, 0.1) is 0 Å². The van der Waals surface area contributed by atoms with Crippen LogP contribution in [-0.4, -0.2) is 32.5 Å². The maximum Gasteiger partial charge on any atom is 0.349 e. The standard InChI is InChI=1S/C28H29ClN4O3/c1-3-4-14-25-31-33(24-13-9-8-12-23(24)29)28(30-2)32(25)19-20-15-17-22(18-16-20)36-26(27(34)35)21-10-6-5-7-11-21/h5-13,15-18,26H,3-4,14,19H2,1-2H3,(H,34,35). The van der Waals surface area contributed by atoms with E-state index in [1.165, 1.54) is 0 Å². The van der Waals surface area contributed by atoms with Gasteiger partial charge in [-0.1, -0.05) is 79.5 Å². The molecular formula is C28H29ClN4O3. The Labute approximate surface area is 215 Å². The molecule has 0 aliphatic carbocycles. The monoisotopic (exact) mass is 504 g/mol. The molecule has 0 radical (unpaired) electrons. The number of carboxylic acids is 1. The molecule has 3 aromatic carbocycles. The van der Waals surface area contributed by atoms with E-state index in [4.69, 9.17) is 21.4 Å². The summed E-state index contributed by atoms with van der Waals surface area (Å²) in [5.74, 6) is 0.369. The molecule has 186 valence electrons. The summed E-state index contributed by atoms with van der Waals surface area (Å²) in [6, 6.07) is 24.0. The number of benzene rings is 3. The largest absolute Gasteiger partial charge is 0.478 e. The first-order chi connectivity index (χ1) is 17.5. The van der Waals surface area contributed by atoms with Gasteiger partial charge >= 0.3 is 5.97 Å². The molecule has 0 fully saturated rings. The number of carbonyl (C=O) groups is 1. The Morgan fingerprint density at radius 1 is 1.06 bits per heavy atom. The predicted molar refractivity (Wildman–Crippen MR) is 140 cm³/mol. The van der Waals surface area contributed by atoms with Gasteiger partial charge in [-0.15, -0.1) is 0 Å². The van der Waals surface area contributed by atoms with Crippen LogP contribution >= 0.6 is 11.6 Å². The van der Waals surface area contributed by atoms with E-state index in [2.05, 4.69) is 16.5 Å². The van der Waals surface area contributed by atoms with Crippen LogP contribution in [0.3, 0.4) is 0 Å². The number of halogens is 1. The van der Waals surface area contributed by atoms with E-state index in [0.717, 1.165) is 36.3 Å². The van der Waals surface area contributed by atoms with Crippen LogP contribution in [0.25, 0.3) is 5.69 Å². The highest BCUT2D eigenvalue weighted by Crippen LogP contribution is 2.23. The zero-order valence-corrected chi connectivity index (χ0v) is 21.1. The molecule has 1 atom stereocenters. The highest BCUT2D eigenvalue weighted by molar-refractivity contribution is 6.32. The average molecular weight is 505 g/mol. The fourth-order valence-electron chi connectivity index (χ4n) is 4.01. The molecule has 0 amide bonds. The van der Waals surface area contributed by atoms with Crippen molar-refractivity contribution in [3.63, 3.8) is 0 Å². The normalized spacial score (nSPS) is 12.5. The Kier molecular flexibility index (Phi) is 8.23. The van der Waals surface area contributed by atoms with Crippen molar-refractivity contribution in [1.82, 2.24) is 14.3 Å². The summed E-state index contributed by atoms with van der Waals surface area (Å²) in [4.78, 5) is 16.3. The Morgan fingerprint density at radius 3 is 2.39 bits per heavy atom. The van der Waals surface area contributed by atoms with Gasteiger partial charge in [-0.25, -0.2) is 4.79 Å². The lowest BCUT2D eigenvalue weighted by atomic mass is 10.1. The van der Waals surface area contributed by atoms with Crippen molar-refractivity contribution in [3.05, 3.63) is 106 Å². The molecule has 0 bridgehead atoms. The quantitative estimate of drug-likeness (QED) is 0.311. The maximum absolute atomic E-state index is 11.8. The van der Waals surface area contributed by atoms with Crippen LogP contribution in [0.1, 0.15) is 42.8 Å². The first-order valence-electron chi connectivity index (χ1n) is 11.9. The molecule has 0 spiro atoms. The zero-order valence-electron chi connectivity index (χ0n) is 20.3. The van der Waals surface area contributed by atoms with Crippen molar-refractivity contribution in [2.24, 2.45) is 4.99 Å². The topological polar surface area (TPSA) is 81.6 Å². The van der Waals surface area contributed by atoms with E-state index in [1.807, 2.05) is 42.5 Å². The third-order valence-electron chi connectivity index (χ3n) is 5.84. The number of unbranched alkanes of at least 4 members (excludes halogenated alkanes) is 1. The number of aryl methyl sites for hydroxylation is 1. The van der Waals surface area contributed by atoms with Crippen LogP contribution < -0.4 is 10.4 Å². The summed E-state index contributed by atoms with van der Waals surface area (Å²) in [5.41, 5.74) is 3.08. The van der Waals surface area contributed by atoms with Gasteiger partial charge in [0.25, 0.3) is 0 Å². The Balaban J connectivity index is 1.62. The number of hydrogen-bond acceptors (Lipinski definition) is 4. The summed E-state index contributed by atoms with van der Waals surface area (Å²) in [6.07, 6.45) is 1.79. The molecule has 0 aliphatic rings. The van der Waals surface area contributed by atoms with Crippen LogP contribution in [0.4, 0.5) is 0 Å². The third-order valence-corrected chi connectivity index (χ3v) is 6.16. The molecule has 8 heteroatoms. The summed E-state index contributed by atoms with van der Waals surface area (Å²) in [5, 5.41) is 15.1. The summed E-state index contributed by atoms with van der Waals surface area (Å²) in [7, 11) is 1.75. The second-order valence-electron chi connectivity index (χ2n) is 8.38. The van der Waals surface area contributed by atoms with E-state index < -0.39 is 12.1 Å². The van der Waals surface area contributed by atoms with Crippen molar-refractivity contribution in [3.8, 4) is 11.4 Å². The first-order valence-corrected chi connectivity index (χ1v) is 12.3. The lowest BCUT2D eigenvalue weighted by Gasteiger charge is -2.16. The van der Waals surface area contributed by atoms with Crippen LogP contribution in [0.2, 0.25) is 5.02 Å². The van der Waals surface area contributed by atoms with Gasteiger partial charge in [0.1, 0.15) is 11.6 Å². The van der Waals surface area contributed by atoms with Gasteiger partial charge in [0.05, 0.1) is 17.3 Å². The fraction of sp³-hybridized carbons (Fsp3) is 0.250. The minimum atomic E-state index is -1.08. The van der Waals surface area contributed by atoms with Crippen molar-refractivity contribution in [2.75, 3.05) is 7.05 Å². The molecule has 0 saturated carbocycles. The van der Waals surface area contributed by atoms with Crippen LogP contribution in [-0.2, 0) is 17.8 Å². The fourth-order valence-corrected chi connectivity index (χ4v) is 4.22. The second kappa shape index (κ2) is 11.7. The summed E-state index contributed by atoms with van der Waals surface area (Å²) in [6.45, 7) is 2.70. The van der Waals surface area contributed by atoms with Crippen LogP contribution in [0.15, 0.2) is 83.9 Å². The smallest absolute Gasteiger partial charge is 0.349 e. The molecule has 36 heavy (non-hydrogen) atoms. The number of ether oxygens (including phenoxy) is 1. The van der Waals surface area contributed by atoms with Gasteiger partial charge in [0, 0.05) is 19.0 Å². The first kappa shape index (κ1) is 25.3. The van der Waals surface area contributed by atoms with Crippen molar-refractivity contribution >= 4 is 17.6 Å². The molecule has 1 N–H and O–H groups in total. The molecule has 4 aromatic rings. The Hall–Kier alpha value is -3.84. The molecule has 1 heterocycles. The molecule has 4 rings (SSSR count). The zero-order chi connectivity index (χ0) is 25.5.